The van der Waals surface area contributed by atoms with Crippen LogP contribution in [0.25, 0.3) is 0 Å². The molecule has 12 heteroatoms. The van der Waals surface area contributed by atoms with Gasteiger partial charge in [0.05, 0.1) is 17.4 Å². The summed E-state index contributed by atoms with van der Waals surface area (Å²) in [5, 5.41) is 14.2. The van der Waals surface area contributed by atoms with Crippen LogP contribution in [0.1, 0.15) is 72.4 Å². The molecule has 2 atom stereocenters. The second-order valence-electron chi connectivity index (χ2n) is 10.4. The lowest BCUT2D eigenvalue weighted by molar-refractivity contribution is 0.0687. The molecule has 0 spiro atoms. The van der Waals surface area contributed by atoms with Crippen LogP contribution in [0.15, 0.2) is 36.4 Å². The predicted molar refractivity (Wildman–Crippen MR) is 158 cm³/mol. The zero-order valence-electron chi connectivity index (χ0n) is 24.7. The molecule has 0 aliphatic heterocycles. The molecule has 2 aromatic rings. The van der Waals surface area contributed by atoms with E-state index in [9.17, 15) is 31.9 Å². The molecule has 2 amide bonds. The number of rotatable bonds is 15. The average Bonchev–Trinajstić information content (AvgIpc) is 2.90. The monoisotopic (exact) mass is 606 g/mol. The van der Waals surface area contributed by atoms with Gasteiger partial charge in [0.1, 0.15) is 11.6 Å². The highest BCUT2D eigenvalue weighted by Gasteiger charge is 2.27. The van der Waals surface area contributed by atoms with Crippen molar-refractivity contribution in [1.82, 2.24) is 20.1 Å². The molecule has 0 fully saturated rings. The Bertz CT molecular complexity index is 1370. The molecular weight excluding hydrogens is 566 g/mol. The number of hydrazine groups is 1. The van der Waals surface area contributed by atoms with Gasteiger partial charge in [0.15, 0.2) is 0 Å². The summed E-state index contributed by atoms with van der Waals surface area (Å²) in [6, 6.07) is 6.09. The maximum atomic E-state index is 13.9. The smallest absolute Gasteiger partial charge is 0.253 e. The van der Waals surface area contributed by atoms with E-state index in [1.165, 1.54) is 39.1 Å². The fourth-order valence-corrected chi connectivity index (χ4v) is 5.01. The van der Waals surface area contributed by atoms with Crippen LogP contribution >= 0.6 is 0 Å². The van der Waals surface area contributed by atoms with Crippen molar-refractivity contribution in [3.63, 3.8) is 0 Å². The number of aliphatic hydroxyl groups excluding tert-OH is 1. The normalized spacial score (nSPS) is 13.1. The van der Waals surface area contributed by atoms with Crippen molar-refractivity contribution < 1.29 is 31.9 Å². The molecule has 0 aliphatic rings. The van der Waals surface area contributed by atoms with Crippen molar-refractivity contribution in [2.75, 3.05) is 26.7 Å². The largest absolute Gasteiger partial charge is 0.390 e. The Kier molecular flexibility index (Phi) is 13.1. The van der Waals surface area contributed by atoms with Gasteiger partial charge in [-0.3, -0.25) is 9.59 Å². The van der Waals surface area contributed by atoms with Crippen molar-refractivity contribution in [3.05, 3.63) is 70.3 Å². The van der Waals surface area contributed by atoms with Gasteiger partial charge in [-0.1, -0.05) is 19.8 Å². The number of carbonyl (C=O) groups is 2. The SMILES string of the molecule is C#Cc1cc(C(=O)NC(Cc2cc(F)cc(F)c2)C(O)CN(C)NS(=O)(=O)C(C)C)cc(C(=O)N(CCC)CCC)c1. The van der Waals surface area contributed by atoms with E-state index in [0.717, 1.165) is 30.0 Å². The third-order valence-corrected chi connectivity index (χ3v) is 8.21. The van der Waals surface area contributed by atoms with Gasteiger partial charge in [-0.15, -0.1) is 11.3 Å². The van der Waals surface area contributed by atoms with Gasteiger partial charge in [-0.2, -0.15) is 0 Å². The molecule has 230 valence electrons. The summed E-state index contributed by atoms with van der Waals surface area (Å²) in [6.45, 7) is 7.66. The Labute approximate surface area is 247 Å². The summed E-state index contributed by atoms with van der Waals surface area (Å²) >= 11 is 0. The lowest BCUT2D eigenvalue weighted by Crippen LogP contribution is -2.52. The molecule has 0 aromatic heterocycles. The number of nitrogens with one attached hydrogen (secondary N) is 2. The topological polar surface area (TPSA) is 119 Å². The Morgan fingerprint density at radius 3 is 2.10 bits per heavy atom. The van der Waals surface area contributed by atoms with Crippen LogP contribution in [-0.4, -0.2) is 79.3 Å². The third kappa shape index (κ3) is 10.2. The van der Waals surface area contributed by atoms with E-state index in [-0.39, 0.29) is 35.6 Å². The molecular formula is C30H40F2N4O5S. The first-order valence-electron chi connectivity index (χ1n) is 13.8. The van der Waals surface area contributed by atoms with Crippen LogP contribution < -0.4 is 10.1 Å². The fourth-order valence-electron chi connectivity index (χ4n) is 4.29. The van der Waals surface area contributed by atoms with Gasteiger partial charge in [0, 0.05) is 49.4 Å². The van der Waals surface area contributed by atoms with E-state index in [1.807, 2.05) is 13.8 Å². The van der Waals surface area contributed by atoms with Gasteiger partial charge in [-0.05, 0) is 69.0 Å². The molecule has 42 heavy (non-hydrogen) atoms. The number of benzene rings is 2. The van der Waals surface area contributed by atoms with E-state index < -0.39 is 45.0 Å². The fraction of sp³-hybridized carbons (Fsp3) is 0.467. The first kappa shape index (κ1) is 34.8. The summed E-state index contributed by atoms with van der Waals surface area (Å²) < 4.78 is 52.4. The summed E-state index contributed by atoms with van der Waals surface area (Å²) in [7, 11) is -2.32. The van der Waals surface area contributed by atoms with E-state index in [2.05, 4.69) is 16.1 Å². The molecule has 2 unspecified atom stereocenters. The molecule has 0 aliphatic carbocycles. The second-order valence-corrected chi connectivity index (χ2v) is 12.6. The van der Waals surface area contributed by atoms with Crippen LogP contribution in [0.4, 0.5) is 8.78 Å². The Morgan fingerprint density at radius 2 is 1.57 bits per heavy atom. The maximum absolute atomic E-state index is 13.9. The number of nitrogens with zero attached hydrogens (tertiary/aromatic N) is 2. The Morgan fingerprint density at radius 1 is 1.00 bits per heavy atom. The number of carbonyl (C=O) groups excluding carboxylic acids is 2. The third-order valence-electron chi connectivity index (χ3n) is 6.41. The highest BCUT2D eigenvalue weighted by Crippen LogP contribution is 2.16. The maximum Gasteiger partial charge on any atom is 0.253 e. The molecule has 0 radical (unpaired) electrons. The molecule has 0 saturated carbocycles. The Balaban J connectivity index is 2.40. The molecule has 9 nitrogen and oxygen atoms in total. The first-order valence-corrected chi connectivity index (χ1v) is 15.3. The van der Waals surface area contributed by atoms with Gasteiger partial charge in [0.2, 0.25) is 10.0 Å². The summed E-state index contributed by atoms with van der Waals surface area (Å²) in [4.78, 5) is 30.7. The van der Waals surface area contributed by atoms with Crippen LogP contribution in [-0.2, 0) is 16.4 Å². The first-order chi connectivity index (χ1) is 19.7. The molecule has 0 bridgehead atoms. The average molecular weight is 607 g/mol. The second kappa shape index (κ2) is 15.7. The zero-order valence-corrected chi connectivity index (χ0v) is 25.5. The van der Waals surface area contributed by atoms with Crippen LogP contribution in [0.3, 0.4) is 0 Å². The molecule has 2 aromatic carbocycles. The number of amides is 2. The minimum absolute atomic E-state index is 0.0539. The van der Waals surface area contributed by atoms with E-state index in [1.54, 1.807) is 4.90 Å². The lowest BCUT2D eigenvalue weighted by Gasteiger charge is -2.29. The minimum atomic E-state index is -3.72. The highest BCUT2D eigenvalue weighted by atomic mass is 32.2. The molecule has 3 N–H and O–H groups in total. The predicted octanol–water partition coefficient (Wildman–Crippen LogP) is 3.08. The van der Waals surface area contributed by atoms with Crippen molar-refractivity contribution in [3.8, 4) is 12.3 Å². The summed E-state index contributed by atoms with van der Waals surface area (Å²) in [6.07, 6.45) is 5.53. The number of hydrogen-bond acceptors (Lipinski definition) is 6. The van der Waals surface area contributed by atoms with Crippen molar-refractivity contribution >= 4 is 21.8 Å². The van der Waals surface area contributed by atoms with Crippen molar-refractivity contribution in [2.24, 2.45) is 0 Å². The van der Waals surface area contributed by atoms with E-state index >= 15 is 0 Å². The number of sulfonamides is 1. The van der Waals surface area contributed by atoms with Crippen molar-refractivity contribution in [2.45, 2.75) is 64.4 Å². The van der Waals surface area contributed by atoms with E-state index in [4.69, 9.17) is 6.42 Å². The molecule has 0 heterocycles. The number of halogens is 2. The minimum Gasteiger partial charge on any atom is -0.390 e. The summed E-state index contributed by atoms with van der Waals surface area (Å²) in [5.74, 6) is -0.188. The van der Waals surface area contributed by atoms with E-state index in [0.29, 0.717) is 24.7 Å². The number of hydrogen-bond donors (Lipinski definition) is 3. The van der Waals surface area contributed by atoms with Crippen LogP contribution in [0.5, 0.6) is 0 Å². The van der Waals surface area contributed by atoms with Gasteiger partial charge >= 0.3 is 0 Å². The number of aliphatic hydroxyl groups is 1. The number of terminal acetylenes is 1. The summed E-state index contributed by atoms with van der Waals surface area (Å²) in [5.41, 5.74) is 0.735. The van der Waals surface area contributed by atoms with Gasteiger partial charge < -0.3 is 15.3 Å². The van der Waals surface area contributed by atoms with Gasteiger partial charge in [-0.25, -0.2) is 22.2 Å². The Hall–Kier alpha value is -3.37. The quantitative estimate of drug-likeness (QED) is 0.212. The van der Waals surface area contributed by atoms with Crippen molar-refractivity contribution in [1.29, 1.82) is 0 Å². The number of likely N-dealkylation sites (N-methyl/N-ethyl adjacent to an activating group) is 1. The highest BCUT2D eigenvalue weighted by molar-refractivity contribution is 7.90. The standard InChI is InChI=1S/C30H40F2N4O5S/c1-7-10-36(11-8-2)30(39)24-13-21(9-3)12-23(17-24)29(38)33-27(16-22-14-25(31)18-26(32)15-22)28(37)19-35(6)34-42(40,41)20(4)5/h3,12-15,17-18,20,27-28,34,37H,7-8,10-11,16,19H2,1-2,4-6H3,(H,33,38). The van der Waals surface area contributed by atoms with Crippen LogP contribution in [0, 0.1) is 24.0 Å². The zero-order chi connectivity index (χ0) is 31.6. The lowest BCUT2D eigenvalue weighted by atomic mass is 9.99. The molecule has 0 saturated heterocycles. The van der Waals surface area contributed by atoms with Gasteiger partial charge in [0.25, 0.3) is 11.8 Å². The van der Waals surface area contributed by atoms with Crippen LogP contribution in [0.2, 0.25) is 0 Å². The molecule has 2 rings (SSSR count).